The molecule has 36 heavy (non-hydrogen) atoms. The number of furan rings is 1. The fraction of sp³-hybridized carbons (Fsp3) is 0.222. The van der Waals surface area contributed by atoms with Crippen LogP contribution in [0.1, 0.15) is 21.7 Å². The summed E-state index contributed by atoms with van der Waals surface area (Å²) in [5.74, 6) is -0.292. The Morgan fingerprint density at radius 2 is 1.75 bits per heavy atom. The topological polar surface area (TPSA) is 93.8 Å². The second kappa shape index (κ2) is 12.1. The van der Waals surface area contributed by atoms with Crippen LogP contribution in [0.5, 0.6) is 0 Å². The highest BCUT2D eigenvalue weighted by molar-refractivity contribution is 8.26. The molecule has 1 amide bonds. The van der Waals surface area contributed by atoms with Crippen molar-refractivity contribution in [1.82, 2.24) is 4.90 Å². The summed E-state index contributed by atoms with van der Waals surface area (Å²) in [7, 11) is 6.16. The van der Waals surface area contributed by atoms with Gasteiger partial charge in [0, 0.05) is 11.6 Å². The molecule has 0 spiro atoms. The molecule has 0 unspecified atom stereocenters. The van der Waals surface area contributed by atoms with Crippen molar-refractivity contribution in [3.8, 4) is 11.3 Å². The number of thioether (sulfide) groups is 1. The van der Waals surface area contributed by atoms with Gasteiger partial charge in [0.15, 0.2) is 0 Å². The summed E-state index contributed by atoms with van der Waals surface area (Å²) >= 11 is 6.61. The lowest BCUT2D eigenvalue weighted by molar-refractivity contribution is -0.870. The molecule has 1 saturated heterocycles. The largest absolute Gasteiger partial charge is 0.545 e. The molecule has 188 valence electrons. The molecule has 0 atom stereocenters. The Morgan fingerprint density at radius 3 is 2.31 bits per heavy atom. The first kappa shape index (κ1) is 27.3. The van der Waals surface area contributed by atoms with Crippen LogP contribution in [-0.2, 0) is 11.3 Å². The molecule has 1 aliphatic heterocycles. The van der Waals surface area contributed by atoms with Crippen molar-refractivity contribution in [2.45, 2.75) is 6.54 Å². The Labute approximate surface area is 220 Å². The first-order valence-electron chi connectivity index (χ1n) is 11.2. The normalized spacial score (nSPS) is 14.7. The van der Waals surface area contributed by atoms with Crippen LogP contribution in [0.4, 0.5) is 0 Å². The molecule has 0 bridgehead atoms. The Hall–Kier alpha value is -3.24. The van der Waals surface area contributed by atoms with E-state index in [1.54, 1.807) is 35.2 Å². The van der Waals surface area contributed by atoms with E-state index in [4.69, 9.17) is 21.7 Å². The highest BCUT2D eigenvalue weighted by Crippen LogP contribution is 2.34. The van der Waals surface area contributed by atoms with Gasteiger partial charge in [0.2, 0.25) is 0 Å². The molecule has 0 saturated carbocycles. The highest BCUT2D eigenvalue weighted by Gasteiger charge is 2.32. The zero-order chi connectivity index (χ0) is 26.3. The minimum absolute atomic E-state index is 0.0996. The second-order valence-electron chi connectivity index (χ2n) is 9.06. The van der Waals surface area contributed by atoms with Crippen LogP contribution in [0.3, 0.4) is 0 Å². The fourth-order valence-corrected chi connectivity index (χ4v) is 4.42. The predicted octanol–water partition coefficient (Wildman–Crippen LogP) is 3.40. The number of aliphatic hydroxyl groups is 1. The number of likely N-dealkylation sites (N-methyl/N-ethyl adjacent to an activating group) is 1. The number of carboxylic acid groups (broad SMARTS) is 1. The van der Waals surface area contributed by atoms with Crippen LogP contribution < -0.4 is 5.11 Å². The Balaban J connectivity index is 0.000000454. The van der Waals surface area contributed by atoms with Gasteiger partial charge in [0.05, 0.1) is 45.2 Å². The molecule has 2 heterocycles. The molecule has 0 radical (unpaired) electrons. The van der Waals surface area contributed by atoms with E-state index in [2.05, 4.69) is 21.1 Å². The Morgan fingerprint density at radius 1 is 1.08 bits per heavy atom. The lowest BCUT2D eigenvalue weighted by Gasteiger charge is -2.21. The number of benzene rings is 2. The van der Waals surface area contributed by atoms with Crippen LogP contribution in [-0.4, -0.2) is 65.0 Å². The molecule has 0 aliphatic carbocycles. The van der Waals surface area contributed by atoms with Crippen molar-refractivity contribution < 1.29 is 28.7 Å². The summed E-state index contributed by atoms with van der Waals surface area (Å²) in [5, 5.41) is 19.2. The predicted molar refractivity (Wildman–Crippen MR) is 144 cm³/mol. The van der Waals surface area contributed by atoms with Gasteiger partial charge in [-0.2, -0.15) is 0 Å². The van der Waals surface area contributed by atoms with E-state index in [-0.39, 0.29) is 18.1 Å². The van der Waals surface area contributed by atoms with Gasteiger partial charge in [-0.05, 0) is 23.3 Å². The zero-order valence-electron chi connectivity index (χ0n) is 20.3. The lowest BCUT2D eigenvalue weighted by Crippen LogP contribution is -2.36. The summed E-state index contributed by atoms with van der Waals surface area (Å²) < 4.78 is 7.16. The number of quaternary nitrogens is 1. The molecule has 2 aromatic carbocycles. The molecule has 1 aromatic heterocycles. The average molecular weight is 525 g/mol. The summed E-state index contributed by atoms with van der Waals surface area (Å²) in [5.41, 5.74) is 1.83. The van der Waals surface area contributed by atoms with Gasteiger partial charge in [0.25, 0.3) is 5.91 Å². The Kier molecular flexibility index (Phi) is 9.22. The minimum Gasteiger partial charge on any atom is -0.545 e. The number of carbonyl (C=O) groups is 2. The third-order valence-electron chi connectivity index (χ3n) is 5.13. The number of aromatic carboxylic acids is 1. The molecule has 7 nitrogen and oxygen atoms in total. The van der Waals surface area contributed by atoms with E-state index in [9.17, 15) is 14.7 Å². The molecule has 1 N–H and O–H groups in total. The minimum atomic E-state index is -1.23. The maximum atomic E-state index is 12.7. The van der Waals surface area contributed by atoms with Crippen molar-refractivity contribution in [2.75, 3.05) is 34.3 Å². The van der Waals surface area contributed by atoms with Crippen molar-refractivity contribution >= 4 is 46.3 Å². The third-order valence-corrected chi connectivity index (χ3v) is 6.51. The van der Waals surface area contributed by atoms with Crippen LogP contribution >= 0.6 is 24.0 Å². The molecular formula is C27H28N2O5S2. The summed E-state index contributed by atoms with van der Waals surface area (Å²) in [4.78, 5) is 25.7. The fourth-order valence-electron chi connectivity index (χ4n) is 3.19. The van der Waals surface area contributed by atoms with Gasteiger partial charge in [-0.25, -0.2) is 0 Å². The van der Waals surface area contributed by atoms with Crippen molar-refractivity contribution in [3.63, 3.8) is 0 Å². The van der Waals surface area contributed by atoms with Crippen LogP contribution in [0, 0.1) is 0 Å². The molecule has 1 fully saturated rings. The summed E-state index contributed by atoms with van der Waals surface area (Å²) in [6.45, 7) is 1.54. The number of hydrogen-bond donors (Lipinski definition) is 1. The number of rotatable bonds is 7. The Bertz CT molecular complexity index is 1250. The number of thiocarbonyl (C=S) groups is 1. The number of carbonyl (C=O) groups excluding carboxylic acids is 2. The SMILES string of the molecule is C[N+](C)(C)CCO.O=C([O-])c1ccc(-c2ccc(C=C3SC(=S)N(Cc4ccccc4)C3=O)o2)cc1. The molecular weight excluding hydrogens is 496 g/mol. The van der Waals surface area contributed by atoms with E-state index in [0.717, 1.165) is 22.2 Å². The van der Waals surface area contributed by atoms with E-state index in [1.807, 2.05) is 30.3 Å². The van der Waals surface area contributed by atoms with Gasteiger partial charge in [0.1, 0.15) is 22.4 Å². The monoisotopic (exact) mass is 524 g/mol. The standard InChI is InChI=1S/C22H15NO4S2.C5H14NO/c24-20-19(29-22(28)23(20)13-14-4-2-1-3-5-14)12-17-10-11-18(27-17)15-6-8-16(9-7-15)21(25)26;1-6(2,3)4-5-7/h1-12H,13H2,(H,25,26);7H,4-5H2,1-3H3/q;+1/p-1. The van der Waals surface area contributed by atoms with Crippen molar-refractivity contribution in [3.05, 3.63) is 88.5 Å². The van der Waals surface area contributed by atoms with Crippen molar-refractivity contribution in [2.24, 2.45) is 0 Å². The van der Waals surface area contributed by atoms with E-state index in [0.29, 0.717) is 27.3 Å². The molecule has 4 rings (SSSR count). The smallest absolute Gasteiger partial charge is 0.266 e. The first-order chi connectivity index (χ1) is 17.1. The maximum absolute atomic E-state index is 12.7. The number of nitrogens with zero attached hydrogens (tertiary/aromatic N) is 2. The van der Waals surface area contributed by atoms with Crippen molar-refractivity contribution in [1.29, 1.82) is 0 Å². The van der Waals surface area contributed by atoms with Gasteiger partial charge in [-0.1, -0.05) is 78.6 Å². The number of aliphatic hydroxyl groups excluding tert-OH is 1. The van der Waals surface area contributed by atoms with Gasteiger partial charge in [-0.15, -0.1) is 0 Å². The third kappa shape index (κ3) is 7.63. The number of amides is 1. The van der Waals surface area contributed by atoms with Gasteiger partial charge >= 0.3 is 0 Å². The van der Waals surface area contributed by atoms with Crippen LogP contribution in [0.15, 0.2) is 76.1 Å². The molecule has 3 aromatic rings. The number of hydrogen-bond acceptors (Lipinski definition) is 7. The summed E-state index contributed by atoms with van der Waals surface area (Å²) in [6, 6.07) is 19.4. The van der Waals surface area contributed by atoms with Gasteiger partial charge < -0.3 is 23.9 Å². The number of carboxylic acids is 1. The van der Waals surface area contributed by atoms with Crippen LogP contribution in [0.25, 0.3) is 17.4 Å². The van der Waals surface area contributed by atoms with E-state index >= 15 is 0 Å². The molecule has 9 heteroatoms. The summed E-state index contributed by atoms with van der Waals surface area (Å²) in [6.07, 6.45) is 1.67. The van der Waals surface area contributed by atoms with E-state index in [1.165, 1.54) is 23.9 Å². The molecule has 1 aliphatic rings. The van der Waals surface area contributed by atoms with Gasteiger partial charge in [-0.3, -0.25) is 9.69 Å². The average Bonchev–Trinajstić information content (AvgIpc) is 3.40. The highest BCUT2D eigenvalue weighted by atomic mass is 32.2. The maximum Gasteiger partial charge on any atom is 0.266 e. The lowest BCUT2D eigenvalue weighted by atomic mass is 10.1. The van der Waals surface area contributed by atoms with E-state index < -0.39 is 5.97 Å². The second-order valence-corrected chi connectivity index (χ2v) is 10.7. The first-order valence-corrected chi connectivity index (χ1v) is 12.4. The van der Waals surface area contributed by atoms with Crippen LogP contribution in [0.2, 0.25) is 0 Å². The zero-order valence-corrected chi connectivity index (χ0v) is 22.0. The quantitative estimate of drug-likeness (QED) is 0.288.